The van der Waals surface area contributed by atoms with Crippen LogP contribution < -0.4 is 5.32 Å². The van der Waals surface area contributed by atoms with Crippen LogP contribution in [0.25, 0.3) is 11.1 Å². The lowest BCUT2D eigenvalue weighted by Gasteiger charge is -2.26. The molecule has 0 radical (unpaired) electrons. The zero-order valence-electron chi connectivity index (χ0n) is 14.9. The Bertz CT molecular complexity index is 707. The molecule has 1 aliphatic heterocycles. The maximum absolute atomic E-state index is 12.8. The molecule has 0 saturated carbocycles. The van der Waals surface area contributed by atoms with E-state index in [-0.39, 0.29) is 11.4 Å². The van der Waals surface area contributed by atoms with Crippen LogP contribution in [0.2, 0.25) is 0 Å². The lowest BCUT2D eigenvalue weighted by Crippen LogP contribution is -2.37. The van der Waals surface area contributed by atoms with E-state index in [2.05, 4.69) is 31.1 Å². The third kappa shape index (κ3) is 3.55. The van der Waals surface area contributed by atoms with Crippen LogP contribution in [0.15, 0.2) is 22.7 Å². The molecule has 0 bridgehead atoms. The maximum atomic E-state index is 12.8. The highest BCUT2D eigenvalue weighted by molar-refractivity contribution is 6.00. The van der Waals surface area contributed by atoms with Crippen molar-refractivity contribution < 1.29 is 9.21 Å². The molecule has 5 nitrogen and oxygen atoms in total. The molecule has 3 heterocycles. The Morgan fingerprint density at radius 2 is 1.83 bits per heavy atom. The van der Waals surface area contributed by atoms with Crippen molar-refractivity contribution in [2.45, 2.75) is 58.3 Å². The van der Waals surface area contributed by atoms with Gasteiger partial charge in [-0.25, -0.2) is 9.78 Å². The predicted octanol–water partition coefficient (Wildman–Crippen LogP) is 4.92. The number of furan rings is 1. The number of nitrogens with zero attached hydrogens (tertiary/aromatic N) is 2. The molecule has 0 spiro atoms. The van der Waals surface area contributed by atoms with Crippen molar-refractivity contribution in [1.82, 2.24) is 9.88 Å². The number of rotatable bonds is 1. The quantitative estimate of drug-likeness (QED) is 0.807. The second-order valence-electron chi connectivity index (χ2n) is 7.60. The Balaban J connectivity index is 1.89. The molecule has 0 aromatic carbocycles. The maximum Gasteiger partial charge on any atom is 0.321 e. The first kappa shape index (κ1) is 16.8. The van der Waals surface area contributed by atoms with E-state index >= 15 is 0 Å². The summed E-state index contributed by atoms with van der Waals surface area (Å²) in [5.74, 6) is 0.775. The van der Waals surface area contributed by atoms with Crippen LogP contribution in [0.1, 0.15) is 58.6 Å². The van der Waals surface area contributed by atoms with Gasteiger partial charge in [0.05, 0.1) is 11.1 Å². The van der Waals surface area contributed by atoms with E-state index in [9.17, 15) is 4.79 Å². The second kappa shape index (κ2) is 6.83. The Kier molecular flexibility index (Phi) is 4.78. The molecule has 2 aromatic heterocycles. The van der Waals surface area contributed by atoms with E-state index in [1.54, 1.807) is 6.20 Å². The summed E-state index contributed by atoms with van der Waals surface area (Å²) in [4.78, 5) is 19.0. The largest absolute Gasteiger partial charge is 0.440 e. The summed E-state index contributed by atoms with van der Waals surface area (Å²) in [6.07, 6.45) is 7.55. The minimum absolute atomic E-state index is 0.0334. The van der Waals surface area contributed by atoms with E-state index < -0.39 is 0 Å². The molecular formula is C19H27N3O2. The number of hydrogen-bond donors (Lipinski definition) is 1. The van der Waals surface area contributed by atoms with E-state index in [1.165, 1.54) is 19.3 Å². The number of anilines is 1. The van der Waals surface area contributed by atoms with Crippen LogP contribution in [0.3, 0.4) is 0 Å². The average Bonchev–Trinajstić information content (AvgIpc) is 2.86. The Morgan fingerprint density at radius 1 is 1.17 bits per heavy atom. The molecule has 0 unspecified atom stereocenters. The number of likely N-dealkylation sites (tertiary alicyclic amines) is 1. The highest BCUT2D eigenvalue weighted by Gasteiger charge is 2.28. The molecule has 24 heavy (non-hydrogen) atoms. The van der Waals surface area contributed by atoms with Gasteiger partial charge in [0.2, 0.25) is 5.71 Å². The predicted molar refractivity (Wildman–Crippen MR) is 96.4 cm³/mol. The van der Waals surface area contributed by atoms with Crippen molar-refractivity contribution in [3.8, 4) is 0 Å². The lowest BCUT2D eigenvalue weighted by molar-refractivity contribution is 0.206. The van der Waals surface area contributed by atoms with Crippen LogP contribution >= 0.6 is 0 Å². The first-order chi connectivity index (χ1) is 11.5. The number of fused-ring (bicyclic) bond motifs is 1. The lowest BCUT2D eigenvalue weighted by atomic mass is 9.92. The third-order valence-electron chi connectivity index (χ3n) is 4.52. The summed E-state index contributed by atoms with van der Waals surface area (Å²) in [6, 6.07) is 3.79. The number of amides is 2. The zero-order chi connectivity index (χ0) is 17.2. The van der Waals surface area contributed by atoms with Crippen molar-refractivity contribution in [3.05, 3.63) is 24.1 Å². The minimum atomic E-state index is -0.209. The minimum Gasteiger partial charge on any atom is -0.440 e. The number of carbonyl (C=O) groups excluding carboxylic acids is 1. The van der Waals surface area contributed by atoms with Gasteiger partial charge < -0.3 is 14.6 Å². The Hall–Kier alpha value is -2.04. The molecule has 5 heteroatoms. The van der Waals surface area contributed by atoms with Crippen LogP contribution in [0, 0.1) is 0 Å². The Labute approximate surface area is 143 Å². The van der Waals surface area contributed by atoms with E-state index in [1.807, 2.05) is 17.0 Å². The van der Waals surface area contributed by atoms with Gasteiger partial charge in [0.15, 0.2) is 0 Å². The number of pyridine rings is 1. The molecule has 2 amide bonds. The van der Waals surface area contributed by atoms with Crippen LogP contribution in [-0.2, 0) is 5.41 Å². The first-order valence-electron chi connectivity index (χ1n) is 8.91. The van der Waals surface area contributed by atoms with Gasteiger partial charge >= 0.3 is 6.03 Å². The van der Waals surface area contributed by atoms with Crippen LogP contribution in [0.5, 0.6) is 0 Å². The number of nitrogens with one attached hydrogen (secondary N) is 1. The van der Waals surface area contributed by atoms with Crippen molar-refractivity contribution >= 4 is 22.8 Å². The van der Waals surface area contributed by atoms with Gasteiger partial charge in [-0.05, 0) is 25.0 Å². The monoisotopic (exact) mass is 329 g/mol. The SMILES string of the molecule is CC(C)(C)c1oc2ncccc2c1NC(=O)N1CCCCCCC1. The van der Waals surface area contributed by atoms with Crippen molar-refractivity contribution in [1.29, 1.82) is 0 Å². The van der Waals surface area contributed by atoms with Gasteiger partial charge in [-0.3, -0.25) is 0 Å². The van der Waals surface area contributed by atoms with Gasteiger partial charge in [-0.2, -0.15) is 0 Å². The summed E-state index contributed by atoms with van der Waals surface area (Å²) in [5, 5.41) is 3.97. The molecular weight excluding hydrogens is 302 g/mol. The second-order valence-corrected chi connectivity index (χ2v) is 7.60. The van der Waals surface area contributed by atoms with E-state index in [0.717, 1.165) is 42.8 Å². The van der Waals surface area contributed by atoms with Crippen molar-refractivity contribution in [3.63, 3.8) is 0 Å². The fraction of sp³-hybridized carbons (Fsp3) is 0.579. The number of carbonyl (C=O) groups is 1. The third-order valence-corrected chi connectivity index (χ3v) is 4.52. The van der Waals surface area contributed by atoms with Gasteiger partial charge in [-0.1, -0.05) is 40.0 Å². The molecule has 1 N–H and O–H groups in total. The standard InChI is InChI=1S/C19H27N3O2/c1-19(2,3)16-15(14-10-9-11-20-17(14)24-16)21-18(23)22-12-7-5-4-6-8-13-22/h9-11H,4-8,12-13H2,1-3H3,(H,21,23). The van der Waals surface area contributed by atoms with Crippen molar-refractivity contribution in [2.75, 3.05) is 18.4 Å². The molecule has 1 saturated heterocycles. The summed E-state index contributed by atoms with van der Waals surface area (Å²) in [5.41, 5.74) is 1.13. The van der Waals surface area contributed by atoms with E-state index in [0.29, 0.717) is 5.71 Å². The van der Waals surface area contributed by atoms with Crippen LogP contribution in [-0.4, -0.2) is 29.0 Å². The van der Waals surface area contributed by atoms with E-state index in [4.69, 9.17) is 4.42 Å². The molecule has 2 aromatic rings. The fourth-order valence-electron chi connectivity index (χ4n) is 3.22. The highest BCUT2D eigenvalue weighted by atomic mass is 16.3. The number of aromatic nitrogens is 1. The molecule has 0 aliphatic carbocycles. The zero-order valence-corrected chi connectivity index (χ0v) is 14.9. The van der Waals surface area contributed by atoms with Crippen molar-refractivity contribution in [2.24, 2.45) is 0 Å². The number of urea groups is 1. The van der Waals surface area contributed by atoms with Gasteiger partial charge in [0.25, 0.3) is 0 Å². The van der Waals surface area contributed by atoms with Gasteiger partial charge in [-0.15, -0.1) is 0 Å². The molecule has 1 fully saturated rings. The average molecular weight is 329 g/mol. The first-order valence-corrected chi connectivity index (χ1v) is 8.91. The smallest absolute Gasteiger partial charge is 0.321 e. The van der Waals surface area contributed by atoms with Crippen LogP contribution in [0.4, 0.5) is 10.5 Å². The summed E-state index contributed by atoms with van der Waals surface area (Å²) < 4.78 is 5.95. The fourth-order valence-corrected chi connectivity index (χ4v) is 3.22. The number of hydrogen-bond acceptors (Lipinski definition) is 3. The normalized spacial score (nSPS) is 16.7. The summed E-state index contributed by atoms with van der Waals surface area (Å²) in [7, 11) is 0. The van der Waals surface area contributed by atoms with Gasteiger partial charge in [0.1, 0.15) is 5.76 Å². The molecule has 130 valence electrons. The topological polar surface area (TPSA) is 58.4 Å². The molecule has 3 rings (SSSR count). The molecule has 1 aliphatic rings. The summed E-state index contributed by atoms with van der Waals surface area (Å²) in [6.45, 7) is 7.89. The Morgan fingerprint density at radius 3 is 2.50 bits per heavy atom. The highest BCUT2D eigenvalue weighted by Crippen LogP contribution is 2.37. The molecule has 0 atom stereocenters. The summed E-state index contributed by atoms with van der Waals surface area (Å²) >= 11 is 0. The van der Waals surface area contributed by atoms with Gasteiger partial charge in [0, 0.05) is 24.7 Å².